The van der Waals surface area contributed by atoms with Crippen molar-refractivity contribution in [1.82, 2.24) is 0 Å². The van der Waals surface area contributed by atoms with Crippen LogP contribution in [0, 0.1) is 6.08 Å². The second-order valence-corrected chi connectivity index (χ2v) is 9.74. The van der Waals surface area contributed by atoms with Gasteiger partial charge in [0, 0.05) is 0 Å². The molecule has 0 aliphatic heterocycles. The zero-order valence-corrected chi connectivity index (χ0v) is 15.3. The fourth-order valence-corrected chi connectivity index (χ4v) is 4.91. The maximum atomic E-state index is 3.71. The van der Waals surface area contributed by atoms with Gasteiger partial charge in [-0.2, -0.15) is 0 Å². The van der Waals surface area contributed by atoms with Crippen LogP contribution in [0.5, 0.6) is 0 Å². The molecule has 0 bridgehead atoms. The summed E-state index contributed by atoms with van der Waals surface area (Å²) in [5.41, 5.74) is 4.70. The van der Waals surface area contributed by atoms with Crippen LogP contribution in [-0.4, -0.2) is 8.80 Å². The Balaban J connectivity index is 1.91. The summed E-state index contributed by atoms with van der Waals surface area (Å²) in [5.74, 6) is 0. The van der Waals surface area contributed by atoms with Gasteiger partial charge in [0.15, 0.2) is 0 Å². The Labute approximate surface area is 133 Å². The van der Waals surface area contributed by atoms with E-state index in [4.69, 9.17) is 0 Å². The van der Waals surface area contributed by atoms with E-state index in [2.05, 4.69) is 44.3 Å². The standard InChI is InChI=1S/C20H31Si/c1-4-5-6-7-8-9-14-19-18(17-12-10-11-13-17)15-16-20(19)21(2)3/h10-12,21H,4-9,13-14,16H2,1-3H3. The lowest BCUT2D eigenvalue weighted by Gasteiger charge is -2.15. The normalized spacial score (nSPS) is 17.9. The molecule has 2 rings (SSSR count). The van der Waals surface area contributed by atoms with Gasteiger partial charge in [0.2, 0.25) is 0 Å². The Morgan fingerprint density at radius 3 is 2.52 bits per heavy atom. The molecule has 0 N–H and O–H groups in total. The fraction of sp³-hybridized carbons (Fsp3) is 0.600. The second kappa shape index (κ2) is 8.58. The molecule has 0 aromatic rings. The van der Waals surface area contributed by atoms with E-state index in [1.807, 2.05) is 0 Å². The minimum absolute atomic E-state index is 0.684. The van der Waals surface area contributed by atoms with Crippen LogP contribution in [-0.2, 0) is 0 Å². The zero-order valence-electron chi connectivity index (χ0n) is 14.2. The Hall–Kier alpha value is -0.823. The van der Waals surface area contributed by atoms with Crippen molar-refractivity contribution in [2.24, 2.45) is 0 Å². The van der Waals surface area contributed by atoms with Gasteiger partial charge in [-0.3, -0.25) is 0 Å². The molecule has 0 unspecified atom stereocenters. The van der Waals surface area contributed by atoms with Crippen molar-refractivity contribution in [2.75, 3.05) is 0 Å². The number of allylic oxidation sites excluding steroid dienone is 8. The lowest BCUT2D eigenvalue weighted by Crippen LogP contribution is -2.07. The average Bonchev–Trinajstić information content (AvgIpc) is 3.11. The van der Waals surface area contributed by atoms with E-state index in [-0.39, 0.29) is 0 Å². The van der Waals surface area contributed by atoms with Crippen LogP contribution < -0.4 is 0 Å². The summed E-state index contributed by atoms with van der Waals surface area (Å²) in [6, 6.07) is 0. The Morgan fingerprint density at radius 2 is 1.86 bits per heavy atom. The fourth-order valence-electron chi connectivity index (χ4n) is 3.42. The van der Waals surface area contributed by atoms with Crippen LogP contribution in [0.1, 0.15) is 64.7 Å². The Kier molecular flexibility index (Phi) is 6.76. The molecule has 0 saturated heterocycles. The largest absolute Gasteiger partial charge is 0.0801 e. The third-order valence-electron chi connectivity index (χ3n) is 4.71. The third kappa shape index (κ3) is 4.57. The summed E-state index contributed by atoms with van der Waals surface area (Å²) < 4.78 is 0. The van der Waals surface area contributed by atoms with Gasteiger partial charge in [0.1, 0.15) is 0 Å². The summed E-state index contributed by atoms with van der Waals surface area (Å²) in [5, 5.41) is 1.78. The first kappa shape index (κ1) is 16.5. The molecular weight excluding hydrogens is 268 g/mol. The van der Waals surface area contributed by atoms with E-state index in [0.29, 0.717) is 0 Å². The highest BCUT2D eigenvalue weighted by Gasteiger charge is 2.22. The van der Waals surface area contributed by atoms with Crippen molar-refractivity contribution in [2.45, 2.75) is 77.8 Å². The van der Waals surface area contributed by atoms with Crippen LogP contribution in [0.25, 0.3) is 0 Å². The Bertz CT molecular complexity index is 460. The van der Waals surface area contributed by atoms with Crippen LogP contribution in [0.4, 0.5) is 0 Å². The van der Waals surface area contributed by atoms with Gasteiger partial charge in [-0.1, -0.05) is 75.5 Å². The van der Waals surface area contributed by atoms with Gasteiger partial charge >= 0.3 is 0 Å². The topological polar surface area (TPSA) is 0 Å². The number of rotatable bonds is 9. The molecule has 21 heavy (non-hydrogen) atoms. The summed E-state index contributed by atoms with van der Waals surface area (Å²) in [6.07, 6.45) is 22.4. The first-order chi connectivity index (χ1) is 10.2. The van der Waals surface area contributed by atoms with E-state index in [9.17, 15) is 0 Å². The highest BCUT2D eigenvalue weighted by Crippen LogP contribution is 2.37. The summed E-state index contributed by atoms with van der Waals surface area (Å²) >= 11 is 0. The molecule has 0 nitrogen and oxygen atoms in total. The lowest BCUT2D eigenvalue weighted by atomic mass is 9.95. The maximum Gasteiger partial charge on any atom is 0.0603 e. The van der Waals surface area contributed by atoms with Crippen LogP contribution in [0.15, 0.2) is 40.1 Å². The molecule has 1 heteroatoms. The van der Waals surface area contributed by atoms with Crippen molar-refractivity contribution in [3.05, 3.63) is 46.2 Å². The van der Waals surface area contributed by atoms with E-state index < -0.39 is 8.80 Å². The molecule has 0 fully saturated rings. The molecule has 0 aromatic heterocycles. The molecule has 2 aliphatic carbocycles. The predicted molar refractivity (Wildman–Crippen MR) is 97.1 cm³/mol. The average molecular weight is 300 g/mol. The predicted octanol–water partition coefficient (Wildman–Crippen LogP) is 6.08. The number of unbranched alkanes of at least 4 members (excludes halogenated alkanes) is 5. The van der Waals surface area contributed by atoms with Crippen molar-refractivity contribution in [3.8, 4) is 0 Å². The van der Waals surface area contributed by atoms with Crippen molar-refractivity contribution < 1.29 is 0 Å². The molecule has 0 heterocycles. The van der Waals surface area contributed by atoms with Gasteiger partial charge in [-0.15, -0.1) is 0 Å². The van der Waals surface area contributed by atoms with E-state index in [1.54, 1.807) is 10.8 Å². The molecule has 0 saturated carbocycles. The Morgan fingerprint density at radius 1 is 1.10 bits per heavy atom. The van der Waals surface area contributed by atoms with Gasteiger partial charge in [-0.05, 0) is 48.5 Å². The molecule has 0 aromatic carbocycles. The lowest BCUT2D eigenvalue weighted by molar-refractivity contribution is 0.607. The SMILES string of the molecule is CCCCCCCCC1=C([SiH](C)C)C[C]=C1C1=CC=CC1. The van der Waals surface area contributed by atoms with E-state index in [1.165, 1.54) is 56.1 Å². The second-order valence-electron chi connectivity index (χ2n) is 6.73. The molecule has 2 aliphatic rings. The maximum absolute atomic E-state index is 3.71. The highest BCUT2D eigenvalue weighted by molar-refractivity contribution is 6.64. The van der Waals surface area contributed by atoms with Crippen molar-refractivity contribution in [1.29, 1.82) is 0 Å². The molecule has 0 amide bonds. The minimum atomic E-state index is -0.684. The highest BCUT2D eigenvalue weighted by atomic mass is 28.3. The first-order valence-corrected chi connectivity index (χ1v) is 11.8. The van der Waals surface area contributed by atoms with Gasteiger partial charge < -0.3 is 0 Å². The van der Waals surface area contributed by atoms with Crippen molar-refractivity contribution in [3.63, 3.8) is 0 Å². The summed E-state index contributed by atoms with van der Waals surface area (Å²) in [4.78, 5) is 0. The third-order valence-corrected chi connectivity index (χ3v) is 6.66. The summed E-state index contributed by atoms with van der Waals surface area (Å²) in [6.45, 7) is 7.24. The molecule has 1 radical (unpaired) electrons. The molecule has 0 spiro atoms. The van der Waals surface area contributed by atoms with Gasteiger partial charge in [-0.25, -0.2) is 0 Å². The van der Waals surface area contributed by atoms with Crippen LogP contribution in [0.2, 0.25) is 13.1 Å². The number of hydrogen-bond donors (Lipinski definition) is 0. The van der Waals surface area contributed by atoms with Gasteiger partial charge in [0.05, 0.1) is 8.80 Å². The smallest absolute Gasteiger partial charge is 0.0603 e. The molecule has 115 valence electrons. The van der Waals surface area contributed by atoms with Gasteiger partial charge in [0.25, 0.3) is 0 Å². The molecular formula is C20H31Si. The summed E-state index contributed by atoms with van der Waals surface area (Å²) in [7, 11) is -0.684. The van der Waals surface area contributed by atoms with E-state index >= 15 is 0 Å². The zero-order chi connectivity index (χ0) is 15.1. The number of hydrogen-bond acceptors (Lipinski definition) is 0. The minimum Gasteiger partial charge on any atom is -0.0801 e. The first-order valence-electron chi connectivity index (χ1n) is 8.93. The van der Waals surface area contributed by atoms with Crippen LogP contribution >= 0.6 is 0 Å². The quantitative estimate of drug-likeness (QED) is 0.357. The van der Waals surface area contributed by atoms with E-state index in [0.717, 1.165) is 12.8 Å². The molecule has 0 atom stereocenters. The van der Waals surface area contributed by atoms with Crippen molar-refractivity contribution >= 4 is 8.80 Å². The van der Waals surface area contributed by atoms with Crippen LogP contribution in [0.3, 0.4) is 0 Å². The monoisotopic (exact) mass is 299 g/mol.